The maximum absolute atomic E-state index is 12.1. The number of nitrogens with two attached hydrogens (primary N) is 1. The Morgan fingerprint density at radius 1 is 1.50 bits per heavy atom. The van der Waals surface area contributed by atoms with Gasteiger partial charge in [0, 0.05) is 12.6 Å². The first-order valence-electron chi connectivity index (χ1n) is 8.92. The van der Waals surface area contributed by atoms with Crippen molar-refractivity contribution in [3.63, 3.8) is 0 Å². The highest BCUT2D eigenvalue weighted by Gasteiger charge is 2.42. The fourth-order valence-corrected chi connectivity index (χ4v) is 3.55. The van der Waals surface area contributed by atoms with Crippen molar-refractivity contribution in [1.82, 2.24) is 9.55 Å². The standard InChI is InChI=1S/C18H31N3O4Si/c1-7-10-23-13-11-16(21-9-8-15(19)20-17(21)22)25-14(13)12-24-26(5,6)18(2,3)4/h7-9,13-14,16H,1,10-12H2,2-6H3,(H2,19,20,22)/t13?,14-,16-/m1/s1. The van der Waals surface area contributed by atoms with Gasteiger partial charge < -0.3 is 19.6 Å². The van der Waals surface area contributed by atoms with Gasteiger partial charge in [0.25, 0.3) is 0 Å². The van der Waals surface area contributed by atoms with E-state index in [0.29, 0.717) is 19.6 Å². The van der Waals surface area contributed by atoms with Crippen LogP contribution in [0.1, 0.15) is 33.4 Å². The Kier molecular flexibility index (Phi) is 6.44. The second kappa shape index (κ2) is 8.04. The molecular weight excluding hydrogens is 350 g/mol. The number of aromatic nitrogens is 2. The monoisotopic (exact) mass is 381 g/mol. The third-order valence-corrected chi connectivity index (χ3v) is 9.69. The molecule has 2 rings (SSSR count). The average Bonchev–Trinajstić information content (AvgIpc) is 2.92. The van der Waals surface area contributed by atoms with Gasteiger partial charge in [-0.1, -0.05) is 26.8 Å². The van der Waals surface area contributed by atoms with E-state index in [1.54, 1.807) is 18.3 Å². The van der Waals surface area contributed by atoms with Gasteiger partial charge in [-0.3, -0.25) is 4.57 Å². The minimum Gasteiger partial charge on any atom is -0.414 e. The van der Waals surface area contributed by atoms with Crippen molar-refractivity contribution in [3.05, 3.63) is 35.4 Å². The van der Waals surface area contributed by atoms with Crippen LogP contribution in [-0.4, -0.2) is 43.3 Å². The van der Waals surface area contributed by atoms with E-state index in [1.807, 2.05) is 0 Å². The molecule has 1 aromatic heterocycles. The summed E-state index contributed by atoms with van der Waals surface area (Å²) in [6.07, 6.45) is 2.99. The highest BCUT2D eigenvalue weighted by atomic mass is 28.4. The van der Waals surface area contributed by atoms with Gasteiger partial charge in [-0.05, 0) is 24.2 Å². The molecule has 0 spiro atoms. The predicted molar refractivity (Wildman–Crippen MR) is 105 cm³/mol. The summed E-state index contributed by atoms with van der Waals surface area (Å²) in [6.45, 7) is 15.6. The Labute approximate surface area is 156 Å². The van der Waals surface area contributed by atoms with Gasteiger partial charge in [0.15, 0.2) is 8.32 Å². The first-order chi connectivity index (χ1) is 12.0. The minimum atomic E-state index is -1.91. The lowest BCUT2D eigenvalue weighted by Gasteiger charge is -2.37. The van der Waals surface area contributed by atoms with Crippen LogP contribution >= 0.6 is 0 Å². The molecule has 1 aliphatic rings. The predicted octanol–water partition coefficient (Wildman–Crippen LogP) is 2.71. The van der Waals surface area contributed by atoms with Gasteiger partial charge in [-0.15, -0.1) is 6.58 Å². The summed E-state index contributed by atoms with van der Waals surface area (Å²) in [6, 6.07) is 1.59. The van der Waals surface area contributed by atoms with Crippen molar-refractivity contribution < 1.29 is 13.9 Å². The zero-order valence-electron chi connectivity index (χ0n) is 16.4. The van der Waals surface area contributed by atoms with Crippen LogP contribution < -0.4 is 11.4 Å². The molecule has 2 heterocycles. The van der Waals surface area contributed by atoms with Crippen LogP contribution in [-0.2, 0) is 13.9 Å². The van der Waals surface area contributed by atoms with E-state index in [1.165, 1.54) is 4.57 Å². The summed E-state index contributed by atoms with van der Waals surface area (Å²) in [5.74, 6) is 0.196. The molecule has 8 heteroatoms. The third kappa shape index (κ3) is 4.82. The lowest BCUT2D eigenvalue weighted by Crippen LogP contribution is -2.44. The molecule has 0 aromatic carbocycles. The molecule has 1 aliphatic heterocycles. The number of anilines is 1. The highest BCUT2D eigenvalue weighted by Crippen LogP contribution is 2.38. The molecule has 26 heavy (non-hydrogen) atoms. The normalized spacial score (nSPS) is 24.0. The summed E-state index contributed by atoms with van der Waals surface area (Å²) in [5, 5.41) is 0.111. The number of ether oxygens (including phenoxy) is 2. The Morgan fingerprint density at radius 2 is 2.19 bits per heavy atom. The van der Waals surface area contributed by atoms with Gasteiger partial charge in [-0.2, -0.15) is 4.98 Å². The van der Waals surface area contributed by atoms with Crippen molar-refractivity contribution in [2.24, 2.45) is 0 Å². The third-order valence-electron chi connectivity index (χ3n) is 5.19. The van der Waals surface area contributed by atoms with Crippen LogP contribution in [0.15, 0.2) is 29.7 Å². The Balaban J connectivity index is 2.13. The summed E-state index contributed by atoms with van der Waals surface area (Å²) in [5.41, 5.74) is 5.14. The smallest absolute Gasteiger partial charge is 0.351 e. The first-order valence-corrected chi connectivity index (χ1v) is 11.8. The van der Waals surface area contributed by atoms with Crippen LogP contribution in [0.25, 0.3) is 0 Å². The number of hydrogen-bond acceptors (Lipinski definition) is 6. The molecule has 0 saturated carbocycles. The van der Waals surface area contributed by atoms with Crippen molar-refractivity contribution in [3.8, 4) is 0 Å². The summed E-state index contributed by atoms with van der Waals surface area (Å²) < 4.78 is 19.7. The molecule has 2 N–H and O–H groups in total. The molecular formula is C18H31N3O4Si. The van der Waals surface area contributed by atoms with Crippen LogP contribution in [0.4, 0.5) is 5.82 Å². The van der Waals surface area contributed by atoms with E-state index < -0.39 is 20.2 Å². The number of nitrogen functional groups attached to an aromatic ring is 1. The molecule has 1 saturated heterocycles. The van der Waals surface area contributed by atoms with Crippen LogP contribution in [0, 0.1) is 0 Å². The summed E-state index contributed by atoms with van der Waals surface area (Å²) in [7, 11) is -1.91. The molecule has 0 aliphatic carbocycles. The lowest BCUT2D eigenvalue weighted by atomic mass is 10.2. The van der Waals surface area contributed by atoms with Gasteiger partial charge in [0.05, 0.1) is 19.3 Å². The van der Waals surface area contributed by atoms with Gasteiger partial charge in [0.2, 0.25) is 0 Å². The summed E-state index contributed by atoms with van der Waals surface area (Å²) in [4.78, 5) is 15.9. The SMILES string of the molecule is C=CCOC1C[C@H](n2ccc(N)nc2=O)O[C@@H]1CO[Si](C)(C)C(C)(C)C. The second-order valence-corrected chi connectivity index (χ2v) is 12.9. The molecule has 3 atom stereocenters. The van der Waals surface area contributed by atoms with Crippen LogP contribution in [0.3, 0.4) is 0 Å². The van der Waals surface area contributed by atoms with Crippen molar-refractivity contribution in [2.75, 3.05) is 18.9 Å². The second-order valence-electron chi connectivity index (χ2n) is 8.14. The minimum absolute atomic E-state index is 0.111. The lowest BCUT2D eigenvalue weighted by molar-refractivity contribution is -0.0556. The number of rotatable bonds is 7. The summed E-state index contributed by atoms with van der Waals surface area (Å²) >= 11 is 0. The zero-order valence-corrected chi connectivity index (χ0v) is 17.4. The molecule has 0 radical (unpaired) electrons. The fraction of sp³-hybridized carbons (Fsp3) is 0.667. The zero-order chi connectivity index (χ0) is 19.5. The van der Waals surface area contributed by atoms with Crippen molar-refractivity contribution in [1.29, 1.82) is 0 Å². The molecule has 0 amide bonds. The highest BCUT2D eigenvalue weighted by molar-refractivity contribution is 6.74. The Hall–Kier alpha value is -1.48. The maximum atomic E-state index is 12.1. The molecule has 7 nitrogen and oxygen atoms in total. The molecule has 1 unspecified atom stereocenters. The van der Waals surface area contributed by atoms with E-state index in [0.717, 1.165) is 0 Å². The molecule has 1 aromatic rings. The van der Waals surface area contributed by atoms with Gasteiger partial charge in [0.1, 0.15) is 18.1 Å². The number of hydrogen-bond donors (Lipinski definition) is 1. The van der Waals surface area contributed by atoms with Crippen molar-refractivity contribution in [2.45, 2.75) is 63.8 Å². The molecule has 1 fully saturated rings. The fourth-order valence-electron chi connectivity index (χ4n) is 2.54. The van der Waals surface area contributed by atoms with Crippen LogP contribution in [0.5, 0.6) is 0 Å². The Bertz CT molecular complexity index is 684. The van der Waals surface area contributed by atoms with Gasteiger partial charge >= 0.3 is 5.69 Å². The number of nitrogens with zero attached hydrogens (tertiary/aromatic N) is 2. The van der Waals surface area contributed by atoms with E-state index in [-0.39, 0.29) is 23.1 Å². The molecule has 0 bridgehead atoms. The quantitative estimate of drug-likeness (QED) is 0.577. The van der Waals surface area contributed by atoms with E-state index in [2.05, 4.69) is 45.4 Å². The Morgan fingerprint density at radius 3 is 2.77 bits per heavy atom. The average molecular weight is 382 g/mol. The van der Waals surface area contributed by atoms with Gasteiger partial charge in [-0.25, -0.2) is 4.79 Å². The topological polar surface area (TPSA) is 88.6 Å². The van der Waals surface area contributed by atoms with E-state index in [9.17, 15) is 4.79 Å². The maximum Gasteiger partial charge on any atom is 0.351 e. The van der Waals surface area contributed by atoms with Crippen LogP contribution in [0.2, 0.25) is 18.1 Å². The van der Waals surface area contributed by atoms with E-state index >= 15 is 0 Å². The largest absolute Gasteiger partial charge is 0.414 e. The molecule has 146 valence electrons. The van der Waals surface area contributed by atoms with E-state index in [4.69, 9.17) is 19.6 Å². The first kappa shape index (κ1) is 20.8. The van der Waals surface area contributed by atoms with Crippen molar-refractivity contribution >= 4 is 14.1 Å².